The van der Waals surface area contributed by atoms with Gasteiger partial charge in [-0.1, -0.05) is 13.0 Å². The van der Waals surface area contributed by atoms with Crippen molar-refractivity contribution in [2.75, 3.05) is 33.7 Å². The average molecular weight is 353 g/mol. The summed E-state index contributed by atoms with van der Waals surface area (Å²) in [5.74, 6) is -0.449. The maximum Gasteiger partial charge on any atom is 0.220 e. The van der Waals surface area contributed by atoms with Crippen LogP contribution in [-0.4, -0.2) is 44.5 Å². The smallest absolute Gasteiger partial charge is 0.220 e. The van der Waals surface area contributed by atoms with Crippen LogP contribution in [0.4, 0.5) is 8.78 Å². The van der Waals surface area contributed by atoms with Crippen LogP contribution in [0, 0.1) is 23.5 Å². The molecule has 2 rings (SSSR count). The van der Waals surface area contributed by atoms with Crippen LogP contribution >= 0.6 is 0 Å². The molecule has 0 bridgehead atoms. The van der Waals surface area contributed by atoms with E-state index in [2.05, 4.69) is 17.6 Å². The molecule has 4 nitrogen and oxygen atoms in total. The Morgan fingerprint density at radius 3 is 2.60 bits per heavy atom. The summed E-state index contributed by atoms with van der Waals surface area (Å²) in [6.45, 7) is 4.28. The van der Waals surface area contributed by atoms with Crippen LogP contribution in [0.15, 0.2) is 18.2 Å². The first-order valence-corrected chi connectivity index (χ1v) is 8.98. The maximum absolute atomic E-state index is 14.1. The average Bonchev–Trinajstić information content (AvgIpc) is 2.57. The van der Waals surface area contributed by atoms with Crippen molar-refractivity contribution in [1.29, 1.82) is 0 Å². The van der Waals surface area contributed by atoms with Gasteiger partial charge in [-0.3, -0.25) is 4.79 Å². The number of nitrogens with one attached hydrogen (secondary N) is 2. The molecule has 3 unspecified atom stereocenters. The first-order valence-electron chi connectivity index (χ1n) is 8.98. The van der Waals surface area contributed by atoms with Crippen molar-refractivity contribution in [2.24, 2.45) is 11.8 Å². The van der Waals surface area contributed by atoms with E-state index >= 15 is 0 Å². The standard InChI is InChI=1S/C19H29F2N3O/c1-13(14-6-5-9-22-11-14)10-18(25)23-12-17(24(2)3)19-15(20)7-4-8-16(19)21/h4,7-8,13-14,17,22H,5-6,9-12H2,1-3H3,(H,23,25). The van der Waals surface area contributed by atoms with Crippen LogP contribution in [0.25, 0.3) is 0 Å². The summed E-state index contributed by atoms with van der Waals surface area (Å²) in [5.41, 5.74) is -0.00247. The Labute approximate surface area is 149 Å². The van der Waals surface area contributed by atoms with Gasteiger partial charge in [-0.25, -0.2) is 8.78 Å². The van der Waals surface area contributed by atoms with Crippen molar-refractivity contribution >= 4 is 5.91 Å². The van der Waals surface area contributed by atoms with Crippen LogP contribution in [0.3, 0.4) is 0 Å². The van der Waals surface area contributed by atoms with E-state index in [1.54, 1.807) is 19.0 Å². The fraction of sp³-hybridized carbons (Fsp3) is 0.632. The van der Waals surface area contributed by atoms with Gasteiger partial charge in [-0.15, -0.1) is 0 Å². The molecule has 6 heteroatoms. The van der Waals surface area contributed by atoms with E-state index in [1.807, 2.05) is 0 Å². The molecule has 0 radical (unpaired) electrons. The van der Waals surface area contributed by atoms with Gasteiger partial charge in [0.25, 0.3) is 0 Å². The molecule has 1 aromatic rings. The zero-order chi connectivity index (χ0) is 18.4. The van der Waals surface area contributed by atoms with Crippen molar-refractivity contribution in [1.82, 2.24) is 15.5 Å². The molecule has 1 aliphatic heterocycles. The number of halogens is 2. The van der Waals surface area contributed by atoms with Gasteiger partial charge in [0, 0.05) is 18.5 Å². The van der Waals surface area contributed by atoms with Gasteiger partial charge in [0.05, 0.1) is 6.04 Å². The number of carbonyl (C=O) groups is 1. The lowest BCUT2D eigenvalue weighted by atomic mass is 9.85. The van der Waals surface area contributed by atoms with Gasteiger partial charge >= 0.3 is 0 Å². The summed E-state index contributed by atoms with van der Waals surface area (Å²) in [6.07, 6.45) is 2.72. The van der Waals surface area contributed by atoms with E-state index in [0.29, 0.717) is 12.3 Å². The number of amides is 1. The minimum atomic E-state index is -0.588. The Kier molecular flexibility index (Phi) is 7.32. The Morgan fingerprint density at radius 1 is 1.36 bits per heavy atom. The first kappa shape index (κ1) is 19.8. The lowest BCUT2D eigenvalue weighted by Crippen LogP contribution is -2.38. The number of piperidine rings is 1. The molecular weight excluding hydrogens is 324 g/mol. The Morgan fingerprint density at radius 2 is 2.04 bits per heavy atom. The van der Waals surface area contributed by atoms with E-state index in [9.17, 15) is 13.6 Å². The molecule has 1 saturated heterocycles. The van der Waals surface area contributed by atoms with E-state index in [1.165, 1.54) is 18.2 Å². The monoisotopic (exact) mass is 353 g/mol. The Balaban J connectivity index is 1.93. The molecule has 3 atom stereocenters. The van der Waals surface area contributed by atoms with Gasteiger partial charge in [0.2, 0.25) is 5.91 Å². The van der Waals surface area contributed by atoms with Crippen LogP contribution in [0.2, 0.25) is 0 Å². The maximum atomic E-state index is 14.1. The fourth-order valence-electron chi connectivity index (χ4n) is 3.48. The summed E-state index contributed by atoms with van der Waals surface area (Å²) in [4.78, 5) is 14.0. The zero-order valence-electron chi connectivity index (χ0n) is 15.3. The lowest BCUT2D eigenvalue weighted by Gasteiger charge is -2.29. The van der Waals surface area contributed by atoms with Crippen LogP contribution in [-0.2, 0) is 4.79 Å². The summed E-state index contributed by atoms with van der Waals surface area (Å²) in [5, 5.41) is 6.22. The lowest BCUT2D eigenvalue weighted by molar-refractivity contribution is -0.122. The van der Waals surface area contributed by atoms with E-state index in [-0.39, 0.29) is 23.9 Å². The van der Waals surface area contributed by atoms with E-state index in [0.717, 1.165) is 25.9 Å². The highest BCUT2D eigenvalue weighted by Gasteiger charge is 2.25. The first-order chi connectivity index (χ1) is 11.9. The van der Waals surface area contributed by atoms with Gasteiger partial charge in [-0.2, -0.15) is 0 Å². The number of hydrogen-bond acceptors (Lipinski definition) is 3. The van der Waals surface area contributed by atoms with Gasteiger partial charge in [0.15, 0.2) is 0 Å². The highest BCUT2D eigenvalue weighted by Crippen LogP contribution is 2.25. The third kappa shape index (κ3) is 5.47. The summed E-state index contributed by atoms with van der Waals surface area (Å²) >= 11 is 0. The largest absolute Gasteiger partial charge is 0.354 e. The van der Waals surface area contributed by atoms with Crippen molar-refractivity contribution < 1.29 is 13.6 Å². The van der Waals surface area contributed by atoms with Gasteiger partial charge in [-0.05, 0) is 64.0 Å². The molecule has 0 saturated carbocycles. The number of carbonyl (C=O) groups excluding carboxylic acids is 1. The normalized spacial score (nSPS) is 20.3. The molecule has 0 aliphatic carbocycles. The highest BCUT2D eigenvalue weighted by atomic mass is 19.1. The Hall–Kier alpha value is -1.53. The fourth-order valence-corrected chi connectivity index (χ4v) is 3.48. The predicted molar refractivity (Wildman–Crippen MR) is 95.2 cm³/mol. The Bertz CT molecular complexity index is 554. The summed E-state index contributed by atoms with van der Waals surface area (Å²) in [7, 11) is 3.50. The minimum Gasteiger partial charge on any atom is -0.354 e. The molecule has 0 aromatic heterocycles. The SMILES string of the molecule is CC(CC(=O)NCC(c1c(F)cccc1F)N(C)C)C1CCCNC1. The molecule has 0 spiro atoms. The van der Waals surface area contributed by atoms with Crippen molar-refractivity contribution in [3.05, 3.63) is 35.4 Å². The molecular formula is C19H29F2N3O. The second kappa shape index (κ2) is 9.25. The van der Waals surface area contributed by atoms with Crippen molar-refractivity contribution in [3.8, 4) is 0 Å². The number of rotatable bonds is 7. The van der Waals surface area contributed by atoms with E-state index < -0.39 is 17.7 Å². The second-order valence-corrected chi connectivity index (χ2v) is 7.21. The molecule has 2 N–H and O–H groups in total. The van der Waals surface area contributed by atoms with E-state index in [4.69, 9.17) is 0 Å². The third-order valence-corrected chi connectivity index (χ3v) is 5.10. The second-order valence-electron chi connectivity index (χ2n) is 7.21. The van der Waals surface area contributed by atoms with Crippen molar-refractivity contribution in [3.63, 3.8) is 0 Å². The summed E-state index contributed by atoms with van der Waals surface area (Å²) in [6, 6.07) is 3.29. The van der Waals surface area contributed by atoms with Gasteiger partial charge < -0.3 is 15.5 Å². The molecule has 1 aliphatic rings. The van der Waals surface area contributed by atoms with Crippen LogP contribution in [0.1, 0.15) is 37.8 Å². The highest BCUT2D eigenvalue weighted by molar-refractivity contribution is 5.76. The van der Waals surface area contributed by atoms with Crippen molar-refractivity contribution in [2.45, 2.75) is 32.2 Å². The summed E-state index contributed by atoms with van der Waals surface area (Å²) < 4.78 is 28.1. The van der Waals surface area contributed by atoms with Gasteiger partial charge in [0.1, 0.15) is 11.6 Å². The van der Waals surface area contributed by atoms with Crippen LogP contribution < -0.4 is 10.6 Å². The number of likely N-dealkylation sites (N-methyl/N-ethyl adjacent to an activating group) is 1. The number of nitrogens with zero attached hydrogens (tertiary/aromatic N) is 1. The molecule has 25 heavy (non-hydrogen) atoms. The topological polar surface area (TPSA) is 44.4 Å². The molecule has 140 valence electrons. The zero-order valence-corrected chi connectivity index (χ0v) is 15.3. The molecule has 1 amide bonds. The number of benzene rings is 1. The number of hydrogen-bond donors (Lipinski definition) is 2. The molecule has 1 fully saturated rings. The van der Waals surface area contributed by atoms with Crippen LogP contribution in [0.5, 0.6) is 0 Å². The minimum absolute atomic E-state index is 0.00247. The molecule has 1 aromatic carbocycles. The predicted octanol–water partition coefficient (Wildman–Crippen LogP) is 2.71. The third-order valence-electron chi connectivity index (χ3n) is 5.10. The molecule has 1 heterocycles. The quantitative estimate of drug-likeness (QED) is 0.792.